The maximum Gasteiger partial charge on any atom is 0.319 e. The molecule has 9 heteroatoms. The standard InChI is InChI=1S/C25H21FN2O4S2/c1-16(33-15-23(29)27-18-12-10-17(26)11-13-18)25(31)32-14-24(30)28-19-6-2-4-8-21(19)34-22-9-5-3-7-20(22)28/h2-13,16H,14-15H2,1H3,(H,27,29). The lowest BCUT2D eigenvalue weighted by Gasteiger charge is -2.30. The molecule has 1 aliphatic rings. The lowest BCUT2D eigenvalue weighted by molar-refractivity contribution is -0.146. The van der Waals surface area contributed by atoms with Gasteiger partial charge in [-0.2, -0.15) is 0 Å². The fraction of sp³-hybridized carbons (Fsp3) is 0.160. The molecule has 0 aliphatic carbocycles. The van der Waals surface area contributed by atoms with Gasteiger partial charge in [0.1, 0.15) is 11.1 Å². The van der Waals surface area contributed by atoms with Crippen molar-refractivity contribution >= 4 is 58.4 Å². The van der Waals surface area contributed by atoms with Gasteiger partial charge in [-0.3, -0.25) is 19.3 Å². The van der Waals surface area contributed by atoms with Crippen molar-refractivity contribution in [1.82, 2.24) is 0 Å². The second kappa shape index (κ2) is 10.8. The molecule has 1 atom stereocenters. The first kappa shape index (κ1) is 23.8. The summed E-state index contributed by atoms with van der Waals surface area (Å²) in [6, 6.07) is 20.5. The second-order valence-corrected chi connectivity index (χ2v) is 9.80. The number of anilines is 3. The highest BCUT2D eigenvalue weighted by molar-refractivity contribution is 8.01. The van der Waals surface area contributed by atoms with Gasteiger partial charge in [0.25, 0.3) is 5.91 Å². The summed E-state index contributed by atoms with van der Waals surface area (Å²) in [6.45, 7) is 1.20. The van der Waals surface area contributed by atoms with E-state index in [1.54, 1.807) is 23.6 Å². The van der Waals surface area contributed by atoms with E-state index in [1.165, 1.54) is 24.3 Å². The predicted molar refractivity (Wildman–Crippen MR) is 132 cm³/mol. The minimum atomic E-state index is -0.650. The molecule has 0 saturated carbocycles. The van der Waals surface area contributed by atoms with Crippen LogP contribution in [0.3, 0.4) is 0 Å². The van der Waals surface area contributed by atoms with Crippen LogP contribution in [0.2, 0.25) is 0 Å². The van der Waals surface area contributed by atoms with Crippen LogP contribution in [0.15, 0.2) is 82.6 Å². The van der Waals surface area contributed by atoms with Gasteiger partial charge in [0, 0.05) is 15.5 Å². The summed E-state index contributed by atoms with van der Waals surface area (Å²) in [7, 11) is 0. The Bertz CT molecular complexity index is 1170. The molecular weight excluding hydrogens is 475 g/mol. The second-order valence-electron chi connectivity index (χ2n) is 7.38. The molecule has 0 spiro atoms. The van der Waals surface area contributed by atoms with Crippen LogP contribution < -0.4 is 10.2 Å². The van der Waals surface area contributed by atoms with Gasteiger partial charge < -0.3 is 10.1 Å². The van der Waals surface area contributed by atoms with Crippen molar-refractivity contribution in [3.8, 4) is 0 Å². The number of hydrogen-bond acceptors (Lipinski definition) is 6. The number of benzene rings is 3. The van der Waals surface area contributed by atoms with Crippen molar-refractivity contribution < 1.29 is 23.5 Å². The largest absolute Gasteiger partial charge is 0.455 e. The average Bonchev–Trinajstić information content (AvgIpc) is 2.85. The zero-order valence-corrected chi connectivity index (χ0v) is 19.8. The molecule has 3 aromatic rings. The number of esters is 1. The summed E-state index contributed by atoms with van der Waals surface area (Å²) in [5.41, 5.74) is 1.95. The van der Waals surface area contributed by atoms with E-state index >= 15 is 0 Å². The van der Waals surface area contributed by atoms with Crippen molar-refractivity contribution in [3.05, 3.63) is 78.6 Å². The summed E-state index contributed by atoms with van der Waals surface area (Å²) >= 11 is 2.67. The first-order chi connectivity index (χ1) is 16.4. The third kappa shape index (κ3) is 5.60. The number of hydrogen-bond donors (Lipinski definition) is 1. The lowest BCUT2D eigenvalue weighted by atomic mass is 10.2. The minimum absolute atomic E-state index is 0.00564. The Hall–Kier alpha value is -3.30. The number of nitrogens with zero attached hydrogens (tertiary/aromatic N) is 1. The number of fused-ring (bicyclic) bond motifs is 2. The van der Waals surface area contributed by atoms with Gasteiger partial charge in [-0.15, -0.1) is 11.8 Å². The van der Waals surface area contributed by atoms with Crippen LogP contribution in [0.5, 0.6) is 0 Å². The molecule has 2 amide bonds. The smallest absolute Gasteiger partial charge is 0.319 e. The highest BCUT2D eigenvalue weighted by Crippen LogP contribution is 2.47. The van der Waals surface area contributed by atoms with Gasteiger partial charge in [-0.05, 0) is 55.5 Å². The summed E-state index contributed by atoms with van der Waals surface area (Å²) in [4.78, 5) is 41.1. The third-order valence-electron chi connectivity index (χ3n) is 4.94. The van der Waals surface area contributed by atoms with Gasteiger partial charge in [0.2, 0.25) is 5.91 Å². The average molecular weight is 497 g/mol. The van der Waals surface area contributed by atoms with Crippen molar-refractivity contribution in [2.75, 3.05) is 22.6 Å². The van der Waals surface area contributed by atoms with E-state index in [-0.39, 0.29) is 17.6 Å². The number of ether oxygens (including phenoxy) is 1. The maximum atomic E-state index is 13.1. The maximum absolute atomic E-state index is 13.1. The molecule has 0 radical (unpaired) electrons. The van der Waals surface area contributed by atoms with E-state index in [0.717, 1.165) is 32.9 Å². The number of para-hydroxylation sites is 2. The van der Waals surface area contributed by atoms with Crippen LogP contribution in [-0.2, 0) is 19.1 Å². The molecule has 1 aliphatic heterocycles. The first-order valence-corrected chi connectivity index (χ1v) is 12.3. The topological polar surface area (TPSA) is 75.7 Å². The van der Waals surface area contributed by atoms with Crippen LogP contribution in [-0.4, -0.2) is 35.4 Å². The van der Waals surface area contributed by atoms with E-state index in [9.17, 15) is 18.8 Å². The Balaban J connectivity index is 1.32. The Morgan fingerprint density at radius 2 is 1.56 bits per heavy atom. The number of halogens is 1. The normalized spacial score (nSPS) is 12.8. The molecule has 1 unspecified atom stereocenters. The molecular formula is C25H21FN2O4S2. The van der Waals surface area contributed by atoms with Crippen molar-refractivity contribution in [2.24, 2.45) is 0 Å². The van der Waals surface area contributed by atoms with Crippen molar-refractivity contribution in [3.63, 3.8) is 0 Å². The SMILES string of the molecule is CC(SCC(=O)Nc1ccc(F)cc1)C(=O)OCC(=O)N1c2ccccc2Sc2ccccc21. The number of amides is 2. The van der Waals surface area contributed by atoms with Crippen LogP contribution >= 0.6 is 23.5 Å². The number of carbonyl (C=O) groups is 3. The minimum Gasteiger partial charge on any atom is -0.455 e. The molecule has 0 aromatic heterocycles. The lowest BCUT2D eigenvalue weighted by Crippen LogP contribution is -2.33. The quantitative estimate of drug-likeness (QED) is 0.450. The van der Waals surface area contributed by atoms with Crippen molar-refractivity contribution in [2.45, 2.75) is 22.0 Å². The van der Waals surface area contributed by atoms with E-state index in [0.29, 0.717) is 5.69 Å². The molecule has 0 saturated heterocycles. The molecule has 0 bridgehead atoms. The van der Waals surface area contributed by atoms with Crippen LogP contribution in [0.4, 0.5) is 21.5 Å². The Labute approximate surface area is 204 Å². The molecule has 34 heavy (non-hydrogen) atoms. The van der Waals surface area contributed by atoms with E-state index in [2.05, 4.69) is 5.32 Å². The molecule has 6 nitrogen and oxygen atoms in total. The summed E-state index contributed by atoms with van der Waals surface area (Å²) in [5, 5.41) is 1.98. The number of thioether (sulfide) groups is 1. The van der Waals surface area contributed by atoms with Crippen LogP contribution in [0.25, 0.3) is 0 Å². The summed E-state index contributed by atoms with van der Waals surface area (Å²) < 4.78 is 18.2. The van der Waals surface area contributed by atoms with E-state index < -0.39 is 23.6 Å². The summed E-state index contributed by atoms with van der Waals surface area (Å²) in [5.74, 6) is -1.66. The molecule has 1 heterocycles. The summed E-state index contributed by atoms with van der Waals surface area (Å²) in [6.07, 6.45) is 0. The molecule has 3 aromatic carbocycles. The third-order valence-corrected chi connectivity index (χ3v) is 7.20. The monoisotopic (exact) mass is 496 g/mol. The molecule has 174 valence electrons. The van der Waals surface area contributed by atoms with Gasteiger partial charge in [-0.25, -0.2) is 4.39 Å². The predicted octanol–water partition coefficient (Wildman–Crippen LogP) is 5.26. The van der Waals surface area contributed by atoms with Gasteiger partial charge in [-0.1, -0.05) is 36.0 Å². The van der Waals surface area contributed by atoms with Crippen LogP contribution in [0.1, 0.15) is 6.92 Å². The highest BCUT2D eigenvalue weighted by Gasteiger charge is 2.29. The molecule has 0 fully saturated rings. The first-order valence-electron chi connectivity index (χ1n) is 10.4. The van der Waals surface area contributed by atoms with Crippen molar-refractivity contribution in [1.29, 1.82) is 0 Å². The number of carbonyl (C=O) groups excluding carboxylic acids is 3. The highest BCUT2D eigenvalue weighted by atomic mass is 32.2. The Morgan fingerprint density at radius 3 is 2.18 bits per heavy atom. The molecule has 1 N–H and O–H groups in total. The Morgan fingerprint density at radius 1 is 0.971 bits per heavy atom. The van der Waals surface area contributed by atoms with Gasteiger partial charge >= 0.3 is 5.97 Å². The van der Waals surface area contributed by atoms with Gasteiger partial charge in [0.05, 0.1) is 17.1 Å². The zero-order chi connectivity index (χ0) is 24.1. The van der Waals surface area contributed by atoms with E-state index in [4.69, 9.17) is 4.74 Å². The van der Waals surface area contributed by atoms with Gasteiger partial charge in [0.15, 0.2) is 6.61 Å². The van der Waals surface area contributed by atoms with E-state index in [1.807, 2.05) is 48.5 Å². The number of rotatable bonds is 7. The Kier molecular flexibility index (Phi) is 7.54. The fourth-order valence-corrected chi connectivity index (χ4v) is 5.02. The fourth-order valence-electron chi connectivity index (χ4n) is 3.29. The number of nitrogens with one attached hydrogen (secondary N) is 1. The van der Waals surface area contributed by atoms with Crippen LogP contribution in [0, 0.1) is 5.82 Å². The zero-order valence-electron chi connectivity index (χ0n) is 18.2. The molecule has 4 rings (SSSR count).